The number of carboxylic acid groups (broad SMARTS) is 1. The first-order valence-corrected chi connectivity index (χ1v) is 9.02. The summed E-state index contributed by atoms with van der Waals surface area (Å²) >= 11 is 4.54. The van der Waals surface area contributed by atoms with Gasteiger partial charge in [-0.3, -0.25) is 5.10 Å². The van der Waals surface area contributed by atoms with Crippen molar-refractivity contribution in [2.75, 3.05) is 19.0 Å². The summed E-state index contributed by atoms with van der Waals surface area (Å²) in [6, 6.07) is 5.70. The van der Waals surface area contributed by atoms with Gasteiger partial charge in [-0.2, -0.15) is 0 Å². The molecule has 2 rings (SSSR count). The Kier molecular flexibility index (Phi) is 6.44. The van der Waals surface area contributed by atoms with Crippen LogP contribution in [0.15, 0.2) is 32.7 Å². The van der Waals surface area contributed by atoms with Crippen LogP contribution >= 0.6 is 27.7 Å². The maximum Gasteiger partial charge on any atom is 0.342 e. The molecule has 0 spiro atoms. The molecular weight excluding hydrogens is 392 g/mol. The normalized spacial score (nSPS) is 11.6. The van der Waals surface area contributed by atoms with E-state index in [1.807, 2.05) is 44.1 Å². The van der Waals surface area contributed by atoms with Gasteiger partial charge in [0.2, 0.25) is 5.16 Å². The molecule has 8 heteroatoms. The number of aromatic amines is 1. The van der Waals surface area contributed by atoms with Crippen molar-refractivity contribution in [2.45, 2.75) is 24.9 Å². The first kappa shape index (κ1) is 18.5. The molecule has 0 radical (unpaired) electrons. The van der Waals surface area contributed by atoms with Crippen molar-refractivity contribution in [3.05, 3.63) is 39.0 Å². The number of rotatable bonds is 7. The topological polar surface area (TPSA) is 82.1 Å². The van der Waals surface area contributed by atoms with Crippen LogP contribution in [0.2, 0.25) is 0 Å². The standard InChI is InChI=1S/C16H19BrN4O2S/c1-4-5-14-18-16(20-19-14)24-13(15(22)23)9-10-6-7-12(21(2)3)11(17)8-10/h6-9H,4-5H2,1-3H3,(H,22,23)(H,18,19,20)/b13-9+. The Morgan fingerprint density at radius 3 is 2.79 bits per heavy atom. The number of benzene rings is 1. The van der Waals surface area contributed by atoms with Crippen LogP contribution in [0.4, 0.5) is 5.69 Å². The molecule has 1 heterocycles. The predicted octanol–water partition coefficient (Wildman–Crippen LogP) is 3.80. The lowest BCUT2D eigenvalue weighted by molar-refractivity contribution is -0.131. The van der Waals surface area contributed by atoms with Crippen molar-refractivity contribution in [2.24, 2.45) is 0 Å². The highest BCUT2D eigenvalue weighted by Gasteiger charge is 2.14. The van der Waals surface area contributed by atoms with Crippen LogP contribution in [0.1, 0.15) is 24.7 Å². The van der Waals surface area contributed by atoms with Crippen molar-refractivity contribution >= 4 is 45.4 Å². The number of thioether (sulfide) groups is 1. The average molecular weight is 411 g/mol. The number of nitrogens with zero attached hydrogens (tertiary/aromatic N) is 3. The number of carbonyl (C=O) groups is 1. The smallest absolute Gasteiger partial charge is 0.342 e. The van der Waals surface area contributed by atoms with E-state index in [4.69, 9.17) is 0 Å². The summed E-state index contributed by atoms with van der Waals surface area (Å²) < 4.78 is 0.902. The summed E-state index contributed by atoms with van der Waals surface area (Å²) in [6.45, 7) is 2.05. The summed E-state index contributed by atoms with van der Waals surface area (Å²) in [4.78, 5) is 18.0. The molecular formula is C16H19BrN4O2S. The van der Waals surface area contributed by atoms with Crippen LogP contribution in [0.5, 0.6) is 0 Å². The maximum absolute atomic E-state index is 11.5. The molecule has 0 saturated heterocycles. The number of carboxylic acids is 1. The van der Waals surface area contributed by atoms with Crippen LogP contribution in [0.25, 0.3) is 6.08 Å². The number of hydrogen-bond acceptors (Lipinski definition) is 5. The Morgan fingerprint density at radius 2 is 2.21 bits per heavy atom. The zero-order valence-corrected chi connectivity index (χ0v) is 16.1. The van der Waals surface area contributed by atoms with Crippen LogP contribution < -0.4 is 4.90 Å². The number of H-pyrrole nitrogens is 1. The average Bonchev–Trinajstić information content (AvgIpc) is 2.94. The van der Waals surface area contributed by atoms with E-state index in [0.29, 0.717) is 5.16 Å². The largest absolute Gasteiger partial charge is 0.477 e. The summed E-state index contributed by atoms with van der Waals surface area (Å²) in [5, 5.41) is 16.7. The van der Waals surface area contributed by atoms with Crippen molar-refractivity contribution in [1.29, 1.82) is 0 Å². The molecule has 2 aromatic rings. The van der Waals surface area contributed by atoms with Crippen LogP contribution in [-0.4, -0.2) is 40.4 Å². The lowest BCUT2D eigenvalue weighted by atomic mass is 10.2. The Hall–Kier alpha value is -1.80. The van der Waals surface area contributed by atoms with E-state index in [0.717, 1.165) is 46.2 Å². The molecule has 128 valence electrons. The van der Waals surface area contributed by atoms with Crippen molar-refractivity contribution < 1.29 is 9.90 Å². The molecule has 0 saturated carbocycles. The van der Waals surface area contributed by atoms with Gasteiger partial charge in [-0.05, 0) is 57.9 Å². The highest BCUT2D eigenvalue weighted by molar-refractivity contribution is 9.10. The SMILES string of the molecule is CCCc1nc(S/C(=C/c2ccc(N(C)C)c(Br)c2)C(=O)O)n[nH]1. The Balaban J connectivity index is 2.24. The summed E-state index contributed by atoms with van der Waals surface area (Å²) in [5.74, 6) is -0.238. The quantitative estimate of drug-likeness (QED) is 0.533. The molecule has 0 aliphatic rings. The van der Waals surface area contributed by atoms with E-state index in [9.17, 15) is 9.90 Å². The maximum atomic E-state index is 11.5. The van der Waals surface area contributed by atoms with Gasteiger partial charge in [-0.1, -0.05) is 13.0 Å². The molecule has 2 N–H and O–H groups in total. The first-order valence-electron chi connectivity index (χ1n) is 7.41. The highest BCUT2D eigenvalue weighted by Crippen LogP contribution is 2.30. The molecule has 0 atom stereocenters. The second kappa shape index (κ2) is 8.34. The Bertz CT molecular complexity index is 758. The Labute approximate surface area is 153 Å². The van der Waals surface area contributed by atoms with Gasteiger partial charge in [-0.25, -0.2) is 9.78 Å². The third-order valence-electron chi connectivity index (χ3n) is 3.16. The second-order valence-corrected chi connectivity index (χ2v) is 7.20. The molecule has 1 aromatic heterocycles. The molecule has 0 fully saturated rings. The minimum absolute atomic E-state index is 0.168. The van der Waals surface area contributed by atoms with Crippen molar-refractivity contribution in [3.63, 3.8) is 0 Å². The van der Waals surface area contributed by atoms with E-state index in [-0.39, 0.29) is 4.91 Å². The third kappa shape index (κ3) is 4.85. The van der Waals surface area contributed by atoms with Gasteiger partial charge in [0.05, 0.1) is 5.69 Å². The molecule has 1 aromatic carbocycles. The van der Waals surface area contributed by atoms with Gasteiger partial charge >= 0.3 is 5.97 Å². The zero-order chi connectivity index (χ0) is 17.7. The first-order chi connectivity index (χ1) is 11.4. The minimum Gasteiger partial charge on any atom is -0.477 e. The molecule has 24 heavy (non-hydrogen) atoms. The van der Waals surface area contributed by atoms with E-state index in [2.05, 4.69) is 31.1 Å². The third-order valence-corrected chi connectivity index (χ3v) is 4.67. The summed E-state index contributed by atoms with van der Waals surface area (Å²) in [7, 11) is 3.90. The number of halogens is 1. The summed E-state index contributed by atoms with van der Waals surface area (Å²) in [5.41, 5.74) is 1.82. The fraction of sp³-hybridized carbons (Fsp3) is 0.312. The number of aryl methyl sites for hydroxylation is 1. The fourth-order valence-corrected chi connectivity index (χ4v) is 3.51. The van der Waals surface area contributed by atoms with E-state index in [1.165, 1.54) is 0 Å². The number of anilines is 1. The number of aliphatic carboxylic acids is 1. The van der Waals surface area contributed by atoms with Gasteiger partial charge in [0, 0.05) is 25.0 Å². The monoisotopic (exact) mass is 410 g/mol. The molecule has 6 nitrogen and oxygen atoms in total. The number of hydrogen-bond donors (Lipinski definition) is 2. The molecule has 0 bridgehead atoms. The lowest BCUT2D eigenvalue weighted by Crippen LogP contribution is -2.09. The fourth-order valence-electron chi connectivity index (χ4n) is 2.03. The van der Waals surface area contributed by atoms with E-state index >= 15 is 0 Å². The van der Waals surface area contributed by atoms with Gasteiger partial charge in [0.15, 0.2) is 0 Å². The van der Waals surface area contributed by atoms with Crippen molar-refractivity contribution in [3.8, 4) is 0 Å². The van der Waals surface area contributed by atoms with Crippen LogP contribution in [0.3, 0.4) is 0 Å². The zero-order valence-electron chi connectivity index (χ0n) is 13.7. The van der Waals surface area contributed by atoms with Gasteiger partial charge in [0.1, 0.15) is 10.7 Å². The van der Waals surface area contributed by atoms with Crippen LogP contribution in [-0.2, 0) is 11.2 Å². The van der Waals surface area contributed by atoms with E-state index < -0.39 is 5.97 Å². The van der Waals surface area contributed by atoms with Gasteiger partial charge in [0.25, 0.3) is 0 Å². The molecule has 0 amide bonds. The van der Waals surface area contributed by atoms with Gasteiger partial charge in [-0.15, -0.1) is 5.10 Å². The van der Waals surface area contributed by atoms with Crippen molar-refractivity contribution in [1.82, 2.24) is 15.2 Å². The lowest BCUT2D eigenvalue weighted by Gasteiger charge is -2.14. The van der Waals surface area contributed by atoms with Crippen LogP contribution in [0, 0.1) is 0 Å². The predicted molar refractivity (Wildman–Crippen MR) is 100 cm³/mol. The number of nitrogens with one attached hydrogen (secondary N) is 1. The minimum atomic E-state index is -1.00. The highest BCUT2D eigenvalue weighted by atomic mass is 79.9. The second-order valence-electron chi connectivity index (χ2n) is 5.34. The molecule has 0 aliphatic carbocycles. The molecule has 0 unspecified atom stereocenters. The van der Waals surface area contributed by atoms with E-state index in [1.54, 1.807) is 6.08 Å². The number of aromatic nitrogens is 3. The summed E-state index contributed by atoms with van der Waals surface area (Å²) in [6.07, 6.45) is 3.36. The molecule has 0 aliphatic heterocycles. The Morgan fingerprint density at radius 1 is 1.46 bits per heavy atom. The van der Waals surface area contributed by atoms with Gasteiger partial charge < -0.3 is 10.0 Å².